The van der Waals surface area contributed by atoms with Crippen LogP contribution in [-0.4, -0.2) is 75.0 Å². The minimum atomic E-state index is -0.0238. The van der Waals surface area contributed by atoms with E-state index in [1.165, 1.54) is 16.3 Å². The third-order valence-electron chi connectivity index (χ3n) is 5.63. The molecule has 0 bridgehead atoms. The third-order valence-corrected chi connectivity index (χ3v) is 5.63. The van der Waals surface area contributed by atoms with Crippen LogP contribution in [0.2, 0.25) is 0 Å². The van der Waals surface area contributed by atoms with Crippen molar-refractivity contribution in [1.29, 1.82) is 0 Å². The summed E-state index contributed by atoms with van der Waals surface area (Å²) in [6, 6.07) is 14.7. The molecule has 1 N–H and O–H groups in total. The van der Waals surface area contributed by atoms with Gasteiger partial charge in [-0.2, -0.15) is 0 Å². The summed E-state index contributed by atoms with van der Waals surface area (Å²) in [5.41, 5.74) is 1.19. The monoisotopic (exact) mass is 383 g/mol. The number of urea groups is 1. The Kier molecular flexibility index (Phi) is 6.41. The van der Waals surface area contributed by atoms with E-state index < -0.39 is 0 Å². The van der Waals surface area contributed by atoms with Crippen molar-refractivity contribution in [3.05, 3.63) is 48.0 Å². The zero-order valence-corrected chi connectivity index (χ0v) is 16.3. The predicted octanol–water partition coefficient (Wildman–Crippen LogP) is 2.65. The van der Waals surface area contributed by atoms with Crippen molar-refractivity contribution < 1.29 is 14.3 Å². The van der Waals surface area contributed by atoms with Crippen LogP contribution in [0.5, 0.6) is 0 Å². The Labute approximate surface area is 166 Å². The first-order chi connectivity index (χ1) is 13.8. The van der Waals surface area contributed by atoms with Gasteiger partial charge in [0.25, 0.3) is 0 Å². The molecule has 2 fully saturated rings. The molecular formula is C22H29N3O3. The topological polar surface area (TPSA) is 54.0 Å². The number of hydrogen-bond acceptors (Lipinski definition) is 4. The fraction of sp³-hybridized carbons (Fsp3) is 0.500. The summed E-state index contributed by atoms with van der Waals surface area (Å²) in [7, 11) is 0. The van der Waals surface area contributed by atoms with E-state index in [9.17, 15) is 4.79 Å². The SMILES string of the molecule is O=C(NC(CCN1CCOCC1)c1cccc2ccccc12)N1CCOCC1. The van der Waals surface area contributed by atoms with E-state index in [1.54, 1.807) is 0 Å². The molecule has 1 atom stereocenters. The number of fused-ring (bicyclic) bond motifs is 1. The molecule has 0 aliphatic carbocycles. The highest BCUT2D eigenvalue weighted by atomic mass is 16.5. The molecule has 150 valence electrons. The Balaban J connectivity index is 1.53. The Morgan fingerprint density at radius 2 is 1.61 bits per heavy atom. The van der Waals surface area contributed by atoms with Crippen LogP contribution in [0.25, 0.3) is 10.8 Å². The van der Waals surface area contributed by atoms with E-state index in [-0.39, 0.29) is 12.1 Å². The van der Waals surface area contributed by atoms with Crippen LogP contribution in [-0.2, 0) is 9.47 Å². The molecule has 0 saturated carbocycles. The van der Waals surface area contributed by atoms with Crippen molar-refractivity contribution >= 4 is 16.8 Å². The molecule has 4 rings (SSSR count). The first kappa shape index (κ1) is 19.2. The Morgan fingerprint density at radius 3 is 2.39 bits per heavy atom. The molecule has 2 aromatic rings. The maximum Gasteiger partial charge on any atom is 0.318 e. The van der Waals surface area contributed by atoms with E-state index in [4.69, 9.17) is 9.47 Å². The lowest BCUT2D eigenvalue weighted by Gasteiger charge is -2.32. The molecule has 0 spiro atoms. The average Bonchev–Trinajstić information content (AvgIpc) is 2.77. The summed E-state index contributed by atoms with van der Waals surface area (Å²) in [6.07, 6.45) is 0.879. The summed E-state index contributed by atoms with van der Waals surface area (Å²) < 4.78 is 10.8. The van der Waals surface area contributed by atoms with Crippen molar-refractivity contribution in [3.8, 4) is 0 Å². The summed E-state index contributed by atoms with van der Waals surface area (Å²) in [6.45, 7) is 6.97. The number of carbonyl (C=O) groups excluding carboxylic acids is 1. The van der Waals surface area contributed by atoms with Crippen LogP contribution in [0.4, 0.5) is 4.79 Å². The molecule has 28 heavy (non-hydrogen) atoms. The third kappa shape index (κ3) is 4.63. The molecule has 2 heterocycles. The summed E-state index contributed by atoms with van der Waals surface area (Å²) in [5, 5.41) is 5.72. The van der Waals surface area contributed by atoms with Crippen molar-refractivity contribution in [2.75, 3.05) is 59.2 Å². The number of nitrogens with zero attached hydrogens (tertiary/aromatic N) is 2. The zero-order chi connectivity index (χ0) is 19.2. The Bertz CT molecular complexity index is 780. The van der Waals surface area contributed by atoms with Gasteiger partial charge < -0.3 is 19.7 Å². The normalized spacial score (nSPS) is 19.5. The predicted molar refractivity (Wildman–Crippen MR) is 109 cm³/mol. The van der Waals surface area contributed by atoms with Crippen molar-refractivity contribution in [2.24, 2.45) is 0 Å². The second-order valence-corrected chi connectivity index (χ2v) is 7.41. The van der Waals surface area contributed by atoms with Crippen molar-refractivity contribution in [2.45, 2.75) is 12.5 Å². The van der Waals surface area contributed by atoms with Gasteiger partial charge in [0.1, 0.15) is 0 Å². The smallest absolute Gasteiger partial charge is 0.318 e. The first-order valence-electron chi connectivity index (χ1n) is 10.2. The fourth-order valence-corrected chi connectivity index (χ4v) is 4.00. The van der Waals surface area contributed by atoms with Crippen molar-refractivity contribution in [3.63, 3.8) is 0 Å². The number of benzene rings is 2. The largest absolute Gasteiger partial charge is 0.379 e. The molecule has 6 nitrogen and oxygen atoms in total. The molecule has 2 aliphatic rings. The van der Waals surface area contributed by atoms with E-state index in [0.717, 1.165) is 39.3 Å². The zero-order valence-electron chi connectivity index (χ0n) is 16.3. The molecule has 0 radical (unpaired) electrons. The van der Waals surface area contributed by atoms with Gasteiger partial charge in [-0.15, -0.1) is 0 Å². The van der Waals surface area contributed by atoms with Crippen LogP contribution >= 0.6 is 0 Å². The van der Waals surface area contributed by atoms with Crippen LogP contribution in [0.3, 0.4) is 0 Å². The Hall–Kier alpha value is -2.15. The number of rotatable bonds is 5. The highest BCUT2D eigenvalue weighted by Crippen LogP contribution is 2.27. The van der Waals surface area contributed by atoms with Gasteiger partial charge >= 0.3 is 6.03 Å². The number of morpholine rings is 2. The maximum absolute atomic E-state index is 12.9. The van der Waals surface area contributed by atoms with Gasteiger partial charge in [-0.25, -0.2) is 4.79 Å². The number of hydrogen-bond donors (Lipinski definition) is 1. The van der Waals surface area contributed by atoms with Gasteiger partial charge in [-0.3, -0.25) is 4.90 Å². The molecule has 2 aliphatic heterocycles. The molecule has 2 aromatic carbocycles. The van der Waals surface area contributed by atoms with Gasteiger partial charge in [0.2, 0.25) is 0 Å². The molecule has 2 amide bonds. The lowest BCUT2D eigenvalue weighted by atomic mass is 9.96. The highest BCUT2D eigenvalue weighted by Gasteiger charge is 2.23. The second kappa shape index (κ2) is 9.37. The molecule has 1 unspecified atom stereocenters. The van der Waals surface area contributed by atoms with E-state index in [1.807, 2.05) is 4.90 Å². The number of amides is 2. The number of carbonyl (C=O) groups is 1. The fourth-order valence-electron chi connectivity index (χ4n) is 4.00. The quantitative estimate of drug-likeness (QED) is 0.863. The van der Waals surface area contributed by atoms with E-state index in [2.05, 4.69) is 52.7 Å². The lowest BCUT2D eigenvalue weighted by molar-refractivity contribution is 0.0357. The van der Waals surface area contributed by atoms with Gasteiger partial charge in [-0.05, 0) is 22.8 Å². The average molecular weight is 383 g/mol. The van der Waals surface area contributed by atoms with Crippen LogP contribution in [0, 0.1) is 0 Å². The van der Waals surface area contributed by atoms with Gasteiger partial charge in [-0.1, -0.05) is 42.5 Å². The minimum Gasteiger partial charge on any atom is -0.379 e. The summed E-state index contributed by atoms with van der Waals surface area (Å²) in [5.74, 6) is 0. The maximum atomic E-state index is 12.9. The van der Waals surface area contributed by atoms with E-state index >= 15 is 0 Å². The minimum absolute atomic E-state index is 0.00297. The number of ether oxygens (including phenoxy) is 2. The molecule has 2 saturated heterocycles. The standard InChI is InChI=1S/C22H29N3O3/c26-22(25-12-16-28-17-13-25)23-21(8-9-24-10-14-27-15-11-24)20-7-3-5-18-4-1-2-6-19(18)20/h1-7,21H,8-17H2,(H,23,26). The summed E-state index contributed by atoms with van der Waals surface area (Å²) in [4.78, 5) is 17.2. The first-order valence-corrected chi connectivity index (χ1v) is 10.2. The molecular weight excluding hydrogens is 354 g/mol. The van der Waals surface area contributed by atoms with Gasteiger partial charge in [0.15, 0.2) is 0 Å². The van der Waals surface area contributed by atoms with Crippen molar-refractivity contribution in [1.82, 2.24) is 15.1 Å². The second-order valence-electron chi connectivity index (χ2n) is 7.41. The lowest BCUT2D eigenvalue weighted by Crippen LogP contribution is -2.47. The van der Waals surface area contributed by atoms with Gasteiger partial charge in [0.05, 0.1) is 32.5 Å². The van der Waals surface area contributed by atoms with Gasteiger partial charge in [0, 0.05) is 32.7 Å². The molecule has 6 heteroatoms. The van der Waals surface area contributed by atoms with Crippen LogP contribution in [0.1, 0.15) is 18.0 Å². The number of nitrogens with one attached hydrogen (secondary N) is 1. The van der Waals surface area contributed by atoms with E-state index in [0.29, 0.717) is 26.3 Å². The highest BCUT2D eigenvalue weighted by molar-refractivity contribution is 5.86. The van der Waals surface area contributed by atoms with Crippen LogP contribution in [0.15, 0.2) is 42.5 Å². The molecule has 0 aromatic heterocycles. The van der Waals surface area contributed by atoms with Crippen LogP contribution < -0.4 is 5.32 Å². The summed E-state index contributed by atoms with van der Waals surface area (Å²) >= 11 is 0. The Morgan fingerprint density at radius 1 is 0.929 bits per heavy atom.